The number of rotatable bonds is 6. The van der Waals surface area contributed by atoms with Gasteiger partial charge in [0, 0.05) is 39.1 Å². The van der Waals surface area contributed by atoms with E-state index in [-0.39, 0.29) is 6.61 Å². The Morgan fingerprint density at radius 2 is 1.89 bits per heavy atom. The summed E-state index contributed by atoms with van der Waals surface area (Å²) in [4.78, 5) is 16.1. The Labute approximate surface area is 173 Å². The van der Waals surface area contributed by atoms with E-state index >= 15 is 0 Å². The Hall–Kier alpha value is -2.63. The molecule has 2 heterocycles. The van der Waals surface area contributed by atoms with Crippen LogP contribution in [0.5, 0.6) is 0 Å². The Balaban J connectivity index is 1.71. The third-order valence-corrected chi connectivity index (χ3v) is 4.99. The van der Waals surface area contributed by atoms with Crippen molar-refractivity contribution in [2.24, 2.45) is 0 Å². The molecule has 0 N–H and O–H groups in total. The standard InChI is InChI=1S/C21H19Cl2N3O2/c1-14-17(9-10-21(27)28-13-16-6-3-4-11-24-16)15(2)26(25-14)12-18-19(22)7-5-8-20(18)23/h3-11H,12-13H2,1-2H3/b10-9+. The third kappa shape index (κ3) is 4.80. The van der Waals surface area contributed by atoms with Crippen LogP contribution in [0.2, 0.25) is 10.0 Å². The van der Waals surface area contributed by atoms with Crippen LogP contribution >= 0.6 is 23.2 Å². The number of ether oxygens (including phenoxy) is 1. The van der Waals surface area contributed by atoms with Gasteiger partial charge < -0.3 is 4.74 Å². The normalized spacial score (nSPS) is 11.1. The lowest BCUT2D eigenvalue weighted by molar-refractivity contribution is -0.139. The highest BCUT2D eigenvalue weighted by molar-refractivity contribution is 6.35. The summed E-state index contributed by atoms with van der Waals surface area (Å²) in [6.07, 6.45) is 4.77. The van der Waals surface area contributed by atoms with Crippen LogP contribution in [0.25, 0.3) is 6.08 Å². The lowest BCUT2D eigenvalue weighted by Crippen LogP contribution is -2.05. The zero-order valence-corrected chi connectivity index (χ0v) is 17.0. The number of esters is 1. The van der Waals surface area contributed by atoms with Crippen molar-refractivity contribution in [3.05, 3.63) is 86.9 Å². The van der Waals surface area contributed by atoms with E-state index in [2.05, 4.69) is 10.1 Å². The van der Waals surface area contributed by atoms with Gasteiger partial charge in [0.15, 0.2) is 0 Å². The first kappa shape index (κ1) is 20.1. The van der Waals surface area contributed by atoms with Crippen molar-refractivity contribution < 1.29 is 9.53 Å². The summed E-state index contributed by atoms with van der Waals surface area (Å²) in [7, 11) is 0. The van der Waals surface area contributed by atoms with Gasteiger partial charge in [-0.05, 0) is 44.2 Å². The zero-order chi connectivity index (χ0) is 20.1. The molecular weight excluding hydrogens is 397 g/mol. The number of carbonyl (C=O) groups is 1. The maximum atomic E-state index is 12.0. The summed E-state index contributed by atoms with van der Waals surface area (Å²) >= 11 is 12.5. The highest BCUT2D eigenvalue weighted by atomic mass is 35.5. The average Bonchev–Trinajstić information content (AvgIpc) is 2.95. The van der Waals surface area contributed by atoms with E-state index in [0.29, 0.717) is 22.3 Å². The summed E-state index contributed by atoms with van der Waals surface area (Å²) in [5.41, 5.74) is 4.07. The highest BCUT2D eigenvalue weighted by Crippen LogP contribution is 2.26. The first-order valence-corrected chi connectivity index (χ1v) is 9.43. The molecule has 0 fully saturated rings. The van der Waals surface area contributed by atoms with Gasteiger partial charge in [0.2, 0.25) is 0 Å². The molecule has 0 bridgehead atoms. The molecule has 0 spiro atoms. The van der Waals surface area contributed by atoms with Crippen molar-refractivity contribution >= 4 is 35.2 Å². The molecule has 5 nitrogen and oxygen atoms in total. The van der Waals surface area contributed by atoms with Crippen molar-refractivity contribution in [2.45, 2.75) is 27.0 Å². The summed E-state index contributed by atoms with van der Waals surface area (Å²) in [6, 6.07) is 10.9. The molecule has 0 atom stereocenters. The Morgan fingerprint density at radius 1 is 1.14 bits per heavy atom. The fourth-order valence-corrected chi connectivity index (χ4v) is 3.28. The second-order valence-corrected chi connectivity index (χ2v) is 7.02. The monoisotopic (exact) mass is 415 g/mol. The number of nitrogens with zero attached hydrogens (tertiary/aromatic N) is 3. The minimum absolute atomic E-state index is 0.131. The molecule has 1 aromatic carbocycles. The van der Waals surface area contributed by atoms with Crippen LogP contribution in [0, 0.1) is 13.8 Å². The predicted molar refractivity (Wildman–Crippen MR) is 110 cm³/mol. The molecule has 7 heteroatoms. The van der Waals surface area contributed by atoms with Crippen LogP contribution in [-0.4, -0.2) is 20.7 Å². The number of benzene rings is 1. The van der Waals surface area contributed by atoms with Crippen LogP contribution in [0.1, 0.15) is 28.2 Å². The van der Waals surface area contributed by atoms with E-state index in [0.717, 1.165) is 22.5 Å². The molecule has 0 unspecified atom stereocenters. The van der Waals surface area contributed by atoms with Gasteiger partial charge in [-0.1, -0.05) is 35.3 Å². The van der Waals surface area contributed by atoms with Gasteiger partial charge in [-0.3, -0.25) is 9.67 Å². The molecule has 3 aromatic rings. The smallest absolute Gasteiger partial charge is 0.331 e. The second-order valence-electron chi connectivity index (χ2n) is 6.20. The van der Waals surface area contributed by atoms with Crippen LogP contribution in [0.3, 0.4) is 0 Å². The molecule has 2 aromatic heterocycles. The summed E-state index contributed by atoms with van der Waals surface area (Å²) in [5.74, 6) is -0.439. The fraction of sp³-hybridized carbons (Fsp3) is 0.190. The number of pyridine rings is 1. The maximum absolute atomic E-state index is 12.0. The van der Waals surface area contributed by atoms with Crippen molar-refractivity contribution in [1.82, 2.24) is 14.8 Å². The number of hydrogen-bond donors (Lipinski definition) is 0. The average molecular weight is 416 g/mol. The summed E-state index contributed by atoms with van der Waals surface area (Å²) < 4.78 is 7.03. The molecule has 0 saturated heterocycles. The quantitative estimate of drug-likeness (QED) is 0.419. The van der Waals surface area contributed by atoms with Gasteiger partial charge in [0.25, 0.3) is 0 Å². The molecular formula is C21H19Cl2N3O2. The van der Waals surface area contributed by atoms with Crippen LogP contribution in [-0.2, 0) is 22.7 Å². The van der Waals surface area contributed by atoms with Gasteiger partial charge in [-0.15, -0.1) is 0 Å². The minimum Gasteiger partial charge on any atom is -0.456 e. The Bertz CT molecular complexity index is 994. The van der Waals surface area contributed by atoms with E-state index < -0.39 is 5.97 Å². The van der Waals surface area contributed by atoms with Gasteiger partial charge in [0.1, 0.15) is 6.61 Å². The number of carbonyl (C=O) groups excluding carboxylic acids is 1. The minimum atomic E-state index is -0.439. The van der Waals surface area contributed by atoms with Crippen molar-refractivity contribution in [1.29, 1.82) is 0 Å². The molecule has 0 amide bonds. The number of hydrogen-bond acceptors (Lipinski definition) is 4. The van der Waals surface area contributed by atoms with E-state index in [1.54, 1.807) is 36.5 Å². The van der Waals surface area contributed by atoms with Crippen molar-refractivity contribution in [3.8, 4) is 0 Å². The molecule has 0 saturated carbocycles. The fourth-order valence-electron chi connectivity index (χ4n) is 2.77. The second kappa shape index (κ2) is 9.04. The van der Waals surface area contributed by atoms with Crippen molar-refractivity contribution in [2.75, 3.05) is 0 Å². The molecule has 3 rings (SSSR count). The summed E-state index contributed by atoms with van der Waals surface area (Å²) in [6.45, 7) is 4.40. The lowest BCUT2D eigenvalue weighted by Gasteiger charge is -2.09. The van der Waals surface area contributed by atoms with E-state index in [4.69, 9.17) is 27.9 Å². The SMILES string of the molecule is Cc1nn(Cc2c(Cl)cccc2Cl)c(C)c1/C=C/C(=O)OCc1ccccn1. The van der Waals surface area contributed by atoms with Gasteiger partial charge >= 0.3 is 5.97 Å². The highest BCUT2D eigenvalue weighted by Gasteiger charge is 2.13. The van der Waals surface area contributed by atoms with Crippen LogP contribution in [0.15, 0.2) is 48.7 Å². The first-order valence-electron chi connectivity index (χ1n) is 8.67. The molecule has 28 heavy (non-hydrogen) atoms. The van der Waals surface area contributed by atoms with Crippen LogP contribution in [0.4, 0.5) is 0 Å². The maximum Gasteiger partial charge on any atom is 0.331 e. The predicted octanol–water partition coefficient (Wildman–Crippen LogP) is 5.01. The van der Waals surface area contributed by atoms with E-state index in [9.17, 15) is 4.79 Å². The van der Waals surface area contributed by atoms with Gasteiger partial charge in [-0.2, -0.15) is 5.10 Å². The number of aromatic nitrogens is 3. The van der Waals surface area contributed by atoms with Crippen molar-refractivity contribution in [3.63, 3.8) is 0 Å². The van der Waals surface area contributed by atoms with Gasteiger partial charge in [-0.25, -0.2) is 4.79 Å². The first-order chi connectivity index (χ1) is 13.5. The summed E-state index contributed by atoms with van der Waals surface area (Å²) in [5, 5.41) is 5.73. The largest absolute Gasteiger partial charge is 0.456 e. The van der Waals surface area contributed by atoms with Crippen LogP contribution < -0.4 is 0 Å². The number of halogens is 2. The molecule has 144 valence electrons. The molecule has 0 radical (unpaired) electrons. The third-order valence-electron chi connectivity index (χ3n) is 4.28. The Kier molecular flexibility index (Phi) is 6.49. The molecule has 0 aliphatic carbocycles. The molecule has 0 aliphatic rings. The van der Waals surface area contributed by atoms with E-state index in [1.807, 2.05) is 30.7 Å². The Morgan fingerprint density at radius 3 is 2.57 bits per heavy atom. The zero-order valence-electron chi connectivity index (χ0n) is 15.5. The topological polar surface area (TPSA) is 57.0 Å². The number of aryl methyl sites for hydroxylation is 1. The van der Waals surface area contributed by atoms with E-state index in [1.165, 1.54) is 6.08 Å². The molecule has 0 aliphatic heterocycles. The lowest BCUT2D eigenvalue weighted by atomic mass is 10.1. The van der Waals surface area contributed by atoms with Gasteiger partial charge in [0.05, 0.1) is 17.9 Å².